The van der Waals surface area contributed by atoms with Crippen molar-refractivity contribution in [2.45, 2.75) is 12.1 Å². The number of hydrogen-bond acceptors (Lipinski definition) is 3. The van der Waals surface area contributed by atoms with Crippen LogP contribution in [0, 0.1) is 0 Å². The summed E-state index contributed by atoms with van der Waals surface area (Å²) in [5, 5.41) is 15.2. The lowest BCUT2D eigenvalue weighted by atomic mass is 10.2. The van der Waals surface area contributed by atoms with Crippen LogP contribution < -0.4 is 10.6 Å². The molecule has 3 nitrogen and oxygen atoms in total. The van der Waals surface area contributed by atoms with E-state index >= 15 is 0 Å². The van der Waals surface area contributed by atoms with Crippen LogP contribution in [0.4, 0.5) is 0 Å². The van der Waals surface area contributed by atoms with Gasteiger partial charge in [-0.25, -0.2) is 0 Å². The predicted molar refractivity (Wildman–Crippen MR) is 46.0 cm³/mol. The molecule has 0 aromatic rings. The predicted octanol–water partition coefficient (Wildman–Crippen LogP) is -0.269. The van der Waals surface area contributed by atoms with Gasteiger partial charge in [-0.1, -0.05) is 0 Å². The van der Waals surface area contributed by atoms with Crippen molar-refractivity contribution in [3.8, 4) is 0 Å². The standard InChI is InChI=1S/C5H12N2O.2ClH/c1-6-5(8)2-3-7-4-5;;/h6-8H,2-4H2,1H3;2*1H. The van der Waals surface area contributed by atoms with E-state index in [4.69, 9.17) is 0 Å². The van der Waals surface area contributed by atoms with E-state index in [-0.39, 0.29) is 24.8 Å². The molecule has 0 saturated carbocycles. The Balaban J connectivity index is 0. The molecule has 0 spiro atoms. The Morgan fingerprint density at radius 1 is 1.50 bits per heavy atom. The van der Waals surface area contributed by atoms with Crippen molar-refractivity contribution in [1.82, 2.24) is 10.6 Å². The van der Waals surface area contributed by atoms with Crippen LogP contribution in [0.25, 0.3) is 0 Å². The molecule has 1 unspecified atom stereocenters. The molecule has 0 aromatic heterocycles. The fraction of sp³-hybridized carbons (Fsp3) is 1.00. The van der Waals surface area contributed by atoms with Crippen molar-refractivity contribution in [2.75, 3.05) is 20.1 Å². The molecule has 5 heteroatoms. The summed E-state index contributed by atoms with van der Waals surface area (Å²) in [6.45, 7) is 1.58. The molecular formula is C5H14Cl2N2O. The van der Waals surface area contributed by atoms with E-state index in [0.29, 0.717) is 6.54 Å². The van der Waals surface area contributed by atoms with Crippen molar-refractivity contribution < 1.29 is 5.11 Å². The van der Waals surface area contributed by atoms with Gasteiger partial charge >= 0.3 is 0 Å². The summed E-state index contributed by atoms with van der Waals surface area (Å²) in [4.78, 5) is 0. The Bertz CT molecular complexity index is 85.7. The molecule has 1 aliphatic heterocycles. The van der Waals surface area contributed by atoms with Crippen molar-refractivity contribution in [1.29, 1.82) is 0 Å². The number of β-amino-alcohol motifs (C(OH)–C–C–N with tert-alkyl or cyclic N) is 1. The van der Waals surface area contributed by atoms with Gasteiger partial charge in [0, 0.05) is 13.0 Å². The van der Waals surface area contributed by atoms with Crippen molar-refractivity contribution in [3.05, 3.63) is 0 Å². The molecule has 1 fully saturated rings. The molecule has 10 heavy (non-hydrogen) atoms. The minimum Gasteiger partial charge on any atom is -0.374 e. The third-order valence-corrected chi connectivity index (χ3v) is 1.60. The molecule has 0 aliphatic carbocycles. The number of likely N-dealkylation sites (N-methyl/N-ethyl adjacent to an activating group) is 1. The van der Waals surface area contributed by atoms with Crippen molar-refractivity contribution in [2.24, 2.45) is 0 Å². The summed E-state index contributed by atoms with van der Waals surface area (Å²) >= 11 is 0. The van der Waals surface area contributed by atoms with Gasteiger partial charge in [0.1, 0.15) is 5.72 Å². The Kier molecular flexibility index (Phi) is 6.74. The zero-order valence-electron chi connectivity index (χ0n) is 5.89. The number of halogens is 2. The van der Waals surface area contributed by atoms with Crippen LogP contribution in [-0.2, 0) is 0 Å². The average molecular weight is 189 g/mol. The molecule has 1 aliphatic rings. The fourth-order valence-electron chi connectivity index (χ4n) is 0.892. The maximum atomic E-state index is 9.33. The number of hydrogen-bond donors (Lipinski definition) is 3. The Hall–Kier alpha value is 0.460. The molecule has 0 radical (unpaired) electrons. The van der Waals surface area contributed by atoms with Crippen LogP contribution in [0.1, 0.15) is 6.42 Å². The van der Waals surface area contributed by atoms with E-state index in [0.717, 1.165) is 13.0 Å². The summed E-state index contributed by atoms with van der Waals surface area (Å²) in [7, 11) is 1.77. The molecule has 1 saturated heterocycles. The summed E-state index contributed by atoms with van der Waals surface area (Å²) < 4.78 is 0. The van der Waals surface area contributed by atoms with Crippen LogP contribution in [0.15, 0.2) is 0 Å². The van der Waals surface area contributed by atoms with Gasteiger partial charge in [-0.2, -0.15) is 0 Å². The van der Waals surface area contributed by atoms with E-state index in [9.17, 15) is 5.11 Å². The summed E-state index contributed by atoms with van der Waals surface area (Å²) in [5.74, 6) is 0. The third kappa shape index (κ3) is 3.03. The first-order valence-electron chi connectivity index (χ1n) is 2.89. The molecular weight excluding hydrogens is 175 g/mol. The molecule has 3 N–H and O–H groups in total. The largest absolute Gasteiger partial charge is 0.374 e. The Morgan fingerprint density at radius 2 is 2.10 bits per heavy atom. The zero-order chi connectivity index (χ0) is 6.04. The highest BCUT2D eigenvalue weighted by Gasteiger charge is 2.27. The second-order valence-electron chi connectivity index (χ2n) is 2.21. The van der Waals surface area contributed by atoms with E-state index in [2.05, 4.69) is 10.6 Å². The van der Waals surface area contributed by atoms with E-state index in [1.165, 1.54) is 0 Å². The van der Waals surface area contributed by atoms with Gasteiger partial charge < -0.3 is 10.4 Å². The van der Waals surface area contributed by atoms with Crippen LogP contribution in [0.2, 0.25) is 0 Å². The van der Waals surface area contributed by atoms with Crippen LogP contribution in [0.5, 0.6) is 0 Å². The highest BCUT2D eigenvalue weighted by Crippen LogP contribution is 2.07. The average Bonchev–Trinajstić information content (AvgIpc) is 2.17. The second kappa shape index (κ2) is 5.16. The number of nitrogens with one attached hydrogen (secondary N) is 2. The van der Waals surface area contributed by atoms with Gasteiger partial charge in [-0.3, -0.25) is 5.32 Å². The smallest absolute Gasteiger partial charge is 0.129 e. The molecule has 0 aromatic carbocycles. The first-order valence-corrected chi connectivity index (χ1v) is 2.89. The quantitative estimate of drug-likeness (QED) is 0.497. The Morgan fingerprint density at radius 3 is 2.30 bits per heavy atom. The lowest BCUT2D eigenvalue weighted by Gasteiger charge is -2.19. The third-order valence-electron chi connectivity index (χ3n) is 1.60. The first kappa shape index (κ1) is 13.1. The molecule has 1 atom stereocenters. The normalized spacial score (nSPS) is 30.6. The lowest BCUT2D eigenvalue weighted by molar-refractivity contribution is 0.0336. The summed E-state index contributed by atoms with van der Waals surface area (Å²) in [6.07, 6.45) is 0.809. The van der Waals surface area contributed by atoms with E-state index in [1.807, 2.05) is 0 Å². The zero-order valence-corrected chi connectivity index (χ0v) is 7.52. The van der Waals surface area contributed by atoms with Crippen LogP contribution in [0.3, 0.4) is 0 Å². The Labute approximate surface area is 73.4 Å². The molecule has 0 bridgehead atoms. The second-order valence-corrected chi connectivity index (χ2v) is 2.21. The van der Waals surface area contributed by atoms with E-state index < -0.39 is 5.72 Å². The fourth-order valence-corrected chi connectivity index (χ4v) is 0.892. The van der Waals surface area contributed by atoms with Gasteiger partial charge in [-0.15, -0.1) is 24.8 Å². The highest BCUT2D eigenvalue weighted by molar-refractivity contribution is 5.85. The minimum atomic E-state index is -0.625. The molecule has 1 heterocycles. The SMILES string of the molecule is CNC1(O)CCNC1.Cl.Cl. The summed E-state index contributed by atoms with van der Waals surface area (Å²) in [6, 6.07) is 0. The van der Waals surface area contributed by atoms with Crippen LogP contribution in [-0.4, -0.2) is 31.0 Å². The van der Waals surface area contributed by atoms with Gasteiger partial charge in [0.05, 0.1) is 0 Å². The van der Waals surface area contributed by atoms with E-state index in [1.54, 1.807) is 7.05 Å². The van der Waals surface area contributed by atoms with Crippen LogP contribution >= 0.6 is 24.8 Å². The monoisotopic (exact) mass is 188 g/mol. The summed E-state index contributed by atoms with van der Waals surface area (Å²) in [5.41, 5.74) is -0.625. The minimum absolute atomic E-state index is 0. The lowest BCUT2D eigenvalue weighted by Crippen LogP contribution is -2.44. The van der Waals surface area contributed by atoms with Crippen molar-refractivity contribution in [3.63, 3.8) is 0 Å². The maximum absolute atomic E-state index is 9.33. The molecule has 64 valence electrons. The van der Waals surface area contributed by atoms with Crippen molar-refractivity contribution >= 4 is 24.8 Å². The topological polar surface area (TPSA) is 44.3 Å². The number of rotatable bonds is 1. The maximum Gasteiger partial charge on any atom is 0.129 e. The highest BCUT2D eigenvalue weighted by atomic mass is 35.5. The van der Waals surface area contributed by atoms with Gasteiger partial charge in [-0.05, 0) is 13.6 Å². The molecule has 0 amide bonds. The number of aliphatic hydroxyl groups is 1. The van der Waals surface area contributed by atoms with Gasteiger partial charge in [0.2, 0.25) is 0 Å². The molecule has 1 rings (SSSR count). The first-order chi connectivity index (χ1) is 3.77. The van der Waals surface area contributed by atoms with Gasteiger partial charge in [0.15, 0.2) is 0 Å². The van der Waals surface area contributed by atoms with Gasteiger partial charge in [0.25, 0.3) is 0 Å².